The van der Waals surface area contributed by atoms with Crippen molar-refractivity contribution in [2.45, 2.75) is 6.42 Å². The molecule has 1 aliphatic heterocycles. The van der Waals surface area contributed by atoms with Crippen LogP contribution >= 0.6 is 39.1 Å². The van der Waals surface area contributed by atoms with E-state index in [2.05, 4.69) is 15.9 Å². The van der Waals surface area contributed by atoms with Crippen molar-refractivity contribution in [2.24, 2.45) is 5.92 Å². The van der Waals surface area contributed by atoms with Crippen LogP contribution in [0.15, 0.2) is 12.1 Å². The number of hydrogen-bond acceptors (Lipinski definition) is 2. The Morgan fingerprint density at radius 1 is 1.44 bits per heavy atom. The molecule has 0 aliphatic carbocycles. The molecule has 1 fully saturated rings. The molecule has 1 amide bonds. The summed E-state index contributed by atoms with van der Waals surface area (Å²) >= 11 is 15.5. The molecule has 1 saturated heterocycles. The zero-order valence-electron chi connectivity index (χ0n) is 9.75. The summed E-state index contributed by atoms with van der Waals surface area (Å²) in [5, 5.41) is 1.71. The van der Waals surface area contributed by atoms with Gasteiger partial charge in [-0.25, -0.2) is 0 Å². The lowest BCUT2D eigenvalue weighted by Gasteiger charge is -2.19. The molecule has 0 spiro atoms. The molecule has 1 unspecified atom stereocenters. The Morgan fingerprint density at radius 3 is 2.72 bits per heavy atom. The van der Waals surface area contributed by atoms with Crippen molar-refractivity contribution in [1.29, 1.82) is 0 Å². The largest absolute Gasteiger partial charge is 0.495 e. The van der Waals surface area contributed by atoms with E-state index in [0.29, 0.717) is 40.4 Å². The second-order valence-electron chi connectivity index (χ2n) is 4.17. The van der Waals surface area contributed by atoms with Gasteiger partial charge in [0.15, 0.2) is 0 Å². The maximum absolute atomic E-state index is 12.0. The highest BCUT2D eigenvalue weighted by Gasteiger charge is 2.31. The average Bonchev–Trinajstić information content (AvgIpc) is 2.71. The molecule has 0 radical (unpaired) electrons. The fourth-order valence-corrected chi connectivity index (χ4v) is 3.00. The highest BCUT2D eigenvalue weighted by atomic mass is 79.9. The third kappa shape index (κ3) is 2.60. The van der Waals surface area contributed by atoms with E-state index < -0.39 is 0 Å². The summed E-state index contributed by atoms with van der Waals surface area (Å²) in [4.78, 5) is 13.6. The zero-order valence-corrected chi connectivity index (χ0v) is 12.8. The Kier molecular flexibility index (Phi) is 4.41. The quantitative estimate of drug-likeness (QED) is 0.775. The van der Waals surface area contributed by atoms with Crippen LogP contribution in [-0.2, 0) is 4.79 Å². The van der Waals surface area contributed by atoms with Crippen molar-refractivity contribution in [1.82, 2.24) is 0 Å². The first-order chi connectivity index (χ1) is 8.56. The number of alkyl halides is 1. The van der Waals surface area contributed by atoms with Crippen molar-refractivity contribution in [3.05, 3.63) is 22.2 Å². The minimum atomic E-state index is 0.0747. The number of carbonyl (C=O) groups excluding carboxylic acids is 1. The van der Waals surface area contributed by atoms with Gasteiger partial charge in [-0.1, -0.05) is 39.1 Å². The number of halogens is 3. The van der Waals surface area contributed by atoms with Gasteiger partial charge in [0, 0.05) is 24.4 Å². The Labute approximate surface area is 124 Å². The maximum atomic E-state index is 12.0. The summed E-state index contributed by atoms with van der Waals surface area (Å²) < 4.78 is 5.15. The van der Waals surface area contributed by atoms with Gasteiger partial charge in [0.1, 0.15) is 5.75 Å². The number of hydrogen-bond donors (Lipinski definition) is 0. The molecular formula is C12H12BrCl2NO2. The van der Waals surface area contributed by atoms with E-state index in [1.165, 1.54) is 7.11 Å². The molecule has 0 aromatic heterocycles. The van der Waals surface area contributed by atoms with Crippen LogP contribution in [0, 0.1) is 5.92 Å². The normalized spacial score (nSPS) is 19.4. The summed E-state index contributed by atoms with van der Waals surface area (Å²) in [7, 11) is 1.53. The predicted octanol–water partition coefficient (Wildman–Crippen LogP) is 3.75. The molecule has 0 bridgehead atoms. The van der Waals surface area contributed by atoms with Gasteiger partial charge in [-0.3, -0.25) is 4.79 Å². The van der Waals surface area contributed by atoms with Crippen LogP contribution in [0.25, 0.3) is 0 Å². The molecule has 0 saturated carbocycles. The summed E-state index contributed by atoms with van der Waals surface area (Å²) in [5.41, 5.74) is 0.659. The first-order valence-electron chi connectivity index (χ1n) is 5.46. The van der Waals surface area contributed by atoms with E-state index in [4.69, 9.17) is 27.9 Å². The summed E-state index contributed by atoms with van der Waals surface area (Å²) in [5.74, 6) is 0.909. The van der Waals surface area contributed by atoms with Gasteiger partial charge >= 0.3 is 0 Å². The number of carbonyl (C=O) groups is 1. The molecular weight excluding hydrogens is 341 g/mol. The summed E-state index contributed by atoms with van der Waals surface area (Å²) in [6.45, 7) is 0.661. The number of ether oxygens (including phenoxy) is 1. The number of benzene rings is 1. The molecule has 18 heavy (non-hydrogen) atoms. The second kappa shape index (κ2) is 5.68. The van der Waals surface area contributed by atoms with Crippen LogP contribution in [0.1, 0.15) is 6.42 Å². The van der Waals surface area contributed by atoms with Crippen molar-refractivity contribution >= 4 is 50.7 Å². The molecule has 1 heterocycles. The molecule has 0 N–H and O–H groups in total. The molecule has 98 valence electrons. The van der Waals surface area contributed by atoms with E-state index in [0.717, 1.165) is 5.33 Å². The summed E-state index contributed by atoms with van der Waals surface area (Å²) in [6, 6.07) is 3.31. The van der Waals surface area contributed by atoms with Gasteiger partial charge in [-0.2, -0.15) is 0 Å². The lowest BCUT2D eigenvalue weighted by molar-refractivity contribution is -0.117. The van der Waals surface area contributed by atoms with Gasteiger partial charge in [-0.15, -0.1) is 0 Å². The predicted molar refractivity (Wildman–Crippen MR) is 77.3 cm³/mol. The maximum Gasteiger partial charge on any atom is 0.227 e. The molecule has 1 aromatic rings. The lowest BCUT2D eigenvalue weighted by atomic mass is 10.2. The van der Waals surface area contributed by atoms with E-state index >= 15 is 0 Å². The molecule has 3 nitrogen and oxygen atoms in total. The SMILES string of the molecule is COc1cc(N2CC(CBr)CC2=O)c(Cl)cc1Cl. The number of nitrogens with zero attached hydrogens (tertiary/aromatic N) is 1. The van der Waals surface area contributed by atoms with E-state index in [1.54, 1.807) is 17.0 Å². The van der Waals surface area contributed by atoms with Crippen LogP contribution < -0.4 is 9.64 Å². The van der Waals surface area contributed by atoms with Gasteiger partial charge in [0.2, 0.25) is 5.91 Å². The second-order valence-corrected chi connectivity index (χ2v) is 5.63. The summed E-state index contributed by atoms with van der Waals surface area (Å²) in [6.07, 6.45) is 0.534. The van der Waals surface area contributed by atoms with E-state index in [1.807, 2.05) is 0 Å². The Balaban J connectivity index is 2.36. The Bertz CT molecular complexity index is 481. The van der Waals surface area contributed by atoms with E-state index in [-0.39, 0.29) is 5.91 Å². The zero-order chi connectivity index (χ0) is 13.3. The first-order valence-corrected chi connectivity index (χ1v) is 7.34. The van der Waals surface area contributed by atoms with Crippen LogP contribution in [-0.4, -0.2) is 24.9 Å². The fourth-order valence-electron chi connectivity index (χ4n) is 2.00. The molecule has 1 aromatic carbocycles. The van der Waals surface area contributed by atoms with Crippen LogP contribution in [0.5, 0.6) is 5.75 Å². The van der Waals surface area contributed by atoms with Crippen molar-refractivity contribution < 1.29 is 9.53 Å². The third-order valence-electron chi connectivity index (χ3n) is 2.94. The standard InChI is InChI=1S/C12H12BrCl2NO2/c1-18-11-4-10(8(14)3-9(11)15)16-6-7(5-13)2-12(16)17/h3-4,7H,2,5-6H2,1H3. The topological polar surface area (TPSA) is 29.5 Å². The minimum Gasteiger partial charge on any atom is -0.495 e. The molecule has 6 heteroatoms. The van der Waals surface area contributed by atoms with Crippen LogP contribution in [0.3, 0.4) is 0 Å². The van der Waals surface area contributed by atoms with E-state index in [9.17, 15) is 4.79 Å². The highest BCUT2D eigenvalue weighted by molar-refractivity contribution is 9.09. The number of methoxy groups -OCH3 is 1. The van der Waals surface area contributed by atoms with Crippen LogP contribution in [0.4, 0.5) is 5.69 Å². The Hall–Kier alpha value is -0.450. The van der Waals surface area contributed by atoms with Crippen LogP contribution in [0.2, 0.25) is 10.0 Å². The highest BCUT2D eigenvalue weighted by Crippen LogP contribution is 2.38. The monoisotopic (exact) mass is 351 g/mol. The number of rotatable bonds is 3. The molecule has 2 rings (SSSR count). The Morgan fingerprint density at radius 2 is 2.17 bits per heavy atom. The van der Waals surface area contributed by atoms with Gasteiger partial charge in [-0.05, 0) is 12.0 Å². The fraction of sp³-hybridized carbons (Fsp3) is 0.417. The molecule has 1 atom stereocenters. The average molecular weight is 353 g/mol. The minimum absolute atomic E-state index is 0.0747. The van der Waals surface area contributed by atoms with Crippen molar-refractivity contribution in [3.8, 4) is 5.75 Å². The smallest absolute Gasteiger partial charge is 0.227 e. The van der Waals surface area contributed by atoms with Crippen molar-refractivity contribution in [2.75, 3.05) is 23.9 Å². The van der Waals surface area contributed by atoms with Gasteiger partial charge in [0.05, 0.1) is 22.8 Å². The lowest BCUT2D eigenvalue weighted by Crippen LogP contribution is -2.25. The third-order valence-corrected chi connectivity index (χ3v) is 4.45. The van der Waals surface area contributed by atoms with Gasteiger partial charge in [0.25, 0.3) is 0 Å². The number of anilines is 1. The first kappa shape index (κ1) is 14.0. The number of amides is 1. The molecule has 1 aliphatic rings. The van der Waals surface area contributed by atoms with Crippen molar-refractivity contribution in [3.63, 3.8) is 0 Å². The van der Waals surface area contributed by atoms with Gasteiger partial charge < -0.3 is 9.64 Å².